The number of benzene rings is 2. The molecule has 42 heavy (non-hydrogen) atoms. The largest absolute Gasteiger partial charge is 0.416 e. The van der Waals surface area contributed by atoms with Crippen molar-refractivity contribution in [2.75, 3.05) is 19.7 Å². The van der Waals surface area contributed by atoms with Crippen LogP contribution in [0.15, 0.2) is 42.6 Å². The number of nitrogens with zero attached hydrogens (tertiary/aromatic N) is 1. The first-order valence-electron chi connectivity index (χ1n) is 15.0. The summed E-state index contributed by atoms with van der Waals surface area (Å²) >= 11 is 0. The molecule has 0 bridgehead atoms. The molecule has 0 saturated heterocycles. The van der Waals surface area contributed by atoms with Crippen LogP contribution >= 0.6 is 0 Å². The van der Waals surface area contributed by atoms with E-state index < -0.39 is 11.7 Å². The zero-order valence-electron chi connectivity index (χ0n) is 24.7. The summed E-state index contributed by atoms with van der Waals surface area (Å²) in [7, 11) is 0. The van der Waals surface area contributed by atoms with Crippen molar-refractivity contribution in [2.45, 2.75) is 78.0 Å². The van der Waals surface area contributed by atoms with Crippen molar-refractivity contribution < 1.29 is 27.5 Å². The van der Waals surface area contributed by atoms with Crippen molar-refractivity contribution >= 4 is 23.6 Å². The highest BCUT2D eigenvalue weighted by Gasteiger charge is 2.31. The number of rotatable bonds is 9. The fourth-order valence-corrected chi connectivity index (χ4v) is 5.85. The molecule has 1 saturated carbocycles. The number of Topliss-reactive ketones (excluding diaryl/α,β-unsaturated/α-hetero) is 1. The Bertz CT molecular complexity index is 1410. The lowest BCUT2D eigenvalue weighted by Gasteiger charge is -2.24. The third-order valence-corrected chi connectivity index (χ3v) is 8.20. The quantitative estimate of drug-likeness (QED) is 0.292. The first kappa shape index (κ1) is 31.6. The van der Waals surface area contributed by atoms with Crippen LogP contribution in [-0.2, 0) is 10.9 Å². The summed E-state index contributed by atoms with van der Waals surface area (Å²) < 4.78 is 44.3. The lowest BCUT2D eigenvalue weighted by Crippen LogP contribution is -2.37. The van der Waals surface area contributed by atoms with Crippen molar-refractivity contribution in [2.24, 2.45) is 11.8 Å². The number of carbonyl (C=O) groups is 2. The number of ether oxygens (including phenoxy) is 1. The molecule has 1 aliphatic heterocycles. The Morgan fingerprint density at radius 2 is 1.71 bits per heavy atom. The molecule has 5 nitrogen and oxygen atoms in total. The number of hydrogen-bond acceptors (Lipinski definition) is 4. The second kappa shape index (κ2) is 14.2. The smallest absolute Gasteiger partial charge is 0.377 e. The molecule has 0 radical (unpaired) electrons. The van der Waals surface area contributed by atoms with E-state index in [0.717, 1.165) is 79.6 Å². The van der Waals surface area contributed by atoms with E-state index in [0.29, 0.717) is 30.2 Å². The maximum Gasteiger partial charge on any atom is 0.416 e. The van der Waals surface area contributed by atoms with Crippen LogP contribution in [0.25, 0.3) is 11.9 Å². The van der Waals surface area contributed by atoms with E-state index in [2.05, 4.69) is 22.1 Å². The molecule has 1 aliphatic carbocycles. The molecule has 1 N–H and O–H groups in total. The van der Waals surface area contributed by atoms with Crippen LogP contribution in [0.2, 0.25) is 0 Å². The van der Waals surface area contributed by atoms with Crippen LogP contribution < -0.4 is 15.8 Å². The van der Waals surface area contributed by atoms with E-state index in [1.807, 2.05) is 39.1 Å². The minimum atomic E-state index is -4.41. The van der Waals surface area contributed by atoms with Gasteiger partial charge in [-0.05, 0) is 82.2 Å². The van der Waals surface area contributed by atoms with Gasteiger partial charge >= 0.3 is 6.18 Å². The predicted molar refractivity (Wildman–Crippen MR) is 158 cm³/mol. The van der Waals surface area contributed by atoms with Gasteiger partial charge in [-0.1, -0.05) is 37.1 Å². The minimum absolute atomic E-state index is 0.0524. The number of amides is 1. The maximum absolute atomic E-state index is 13.1. The van der Waals surface area contributed by atoms with Crippen LogP contribution in [-0.4, -0.2) is 42.4 Å². The first-order chi connectivity index (χ1) is 20.0. The molecule has 2 unspecified atom stereocenters. The molecule has 1 heterocycles. The fraction of sp³-hybridized carbons (Fsp3) is 0.500. The Balaban J connectivity index is 1.36. The van der Waals surface area contributed by atoms with Crippen LogP contribution in [0.4, 0.5) is 13.2 Å². The molecule has 2 aromatic rings. The molecule has 4 rings (SSSR count). The van der Waals surface area contributed by atoms with E-state index in [1.54, 1.807) is 0 Å². The number of halogens is 3. The summed E-state index contributed by atoms with van der Waals surface area (Å²) in [5.74, 6) is 0.108. The Labute approximate surface area is 246 Å². The zero-order valence-corrected chi connectivity index (χ0v) is 24.7. The van der Waals surface area contributed by atoms with Crippen molar-refractivity contribution in [1.29, 1.82) is 0 Å². The Morgan fingerprint density at radius 1 is 1.02 bits per heavy atom. The van der Waals surface area contributed by atoms with Crippen molar-refractivity contribution in [3.8, 4) is 0 Å². The third kappa shape index (κ3) is 8.36. The topological polar surface area (TPSA) is 58.6 Å². The van der Waals surface area contributed by atoms with E-state index in [1.165, 1.54) is 12.1 Å². The van der Waals surface area contributed by atoms with Crippen LogP contribution in [0.1, 0.15) is 90.6 Å². The second-order valence-corrected chi connectivity index (χ2v) is 11.7. The number of fused-ring (bicyclic) bond motifs is 1. The van der Waals surface area contributed by atoms with Crippen LogP contribution in [0.5, 0.6) is 0 Å². The van der Waals surface area contributed by atoms with Gasteiger partial charge in [0.1, 0.15) is 0 Å². The summed E-state index contributed by atoms with van der Waals surface area (Å²) in [5, 5.41) is 4.89. The molecular weight excluding hydrogens is 541 g/mol. The Morgan fingerprint density at radius 3 is 2.43 bits per heavy atom. The lowest BCUT2D eigenvalue weighted by molar-refractivity contribution is -0.137. The maximum atomic E-state index is 13.1. The number of carbonyl (C=O) groups excluding carboxylic acids is 2. The highest BCUT2D eigenvalue weighted by molar-refractivity contribution is 5.98. The third-order valence-electron chi connectivity index (χ3n) is 8.20. The van der Waals surface area contributed by atoms with E-state index in [9.17, 15) is 22.8 Å². The molecule has 1 fully saturated rings. The van der Waals surface area contributed by atoms with Gasteiger partial charge in [-0.25, -0.2) is 0 Å². The SMILES string of the molecule is Cc1c(C(=O)NCCOC(C)C)ccc2c1=CN(CC1CCCCC(C(=O)c3ccc(C(F)(F)F)cc3)CCC1)C=C=2. The van der Waals surface area contributed by atoms with Gasteiger partial charge in [0.05, 0.1) is 18.3 Å². The van der Waals surface area contributed by atoms with Gasteiger partial charge in [0, 0.05) is 53.0 Å². The van der Waals surface area contributed by atoms with E-state index in [4.69, 9.17) is 4.74 Å². The summed E-state index contributed by atoms with van der Waals surface area (Å²) in [6, 6.07) is 8.39. The highest BCUT2D eigenvalue weighted by Crippen LogP contribution is 2.31. The minimum Gasteiger partial charge on any atom is -0.377 e. The van der Waals surface area contributed by atoms with Gasteiger partial charge in [-0.15, -0.1) is 0 Å². The van der Waals surface area contributed by atoms with Crippen molar-refractivity contribution in [3.05, 3.63) is 75.3 Å². The monoisotopic (exact) mass is 582 g/mol. The molecule has 0 aromatic heterocycles. The molecule has 226 valence electrons. The molecular formula is C34H41F3N2O3. The van der Waals surface area contributed by atoms with Crippen molar-refractivity contribution in [1.82, 2.24) is 10.2 Å². The molecule has 1 amide bonds. The lowest BCUT2D eigenvalue weighted by atomic mass is 9.88. The van der Waals surface area contributed by atoms with Gasteiger partial charge in [0.2, 0.25) is 0 Å². The fourth-order valence-electron chi connectivity index (χ4n) is 5.85. The number of nitrogens with one attached hydrogen (secondary N) is 1. The number of alkyl halides is 3. The summed E-state index contributed by atoms with van der Waals surface area (Å²) in [6.45, 7) is 7.64. The molecule has 2 aliphatic rings. The summed E-state index contributed by atoms with van der Waals surface area (Å²) in [5.41, 5.74) is 4.55. The van der Waals surface area contributed by atoms with Crippen LogP contribution in [0.3, 0.4) is 0 Å². The predicted octanol–water partition coefficient (Wildman–Crippen LogP) is 5.97. The molecule has 2 aromatic carbocycles. The average molecular weight is 583 g/mol. The normalized spacial score (nSPS) is 19.2. The number of hydrogen-bond donors (Lipinski definition) is 1. The highest BCUT2D eigenvalue weighted by atomic mass is 19.4. The van der Waals surface area contributed by atoms with Crippen LogP contribution in [0, 0.1) is 18.8 Å². The standard InChI is InChI=1S/C34H41F3N2O3/c1-23(2)42-20-18-38-33(41)30-16-13-26-17-19-39(22-31(26)24(30)3)21-25-7-4-5-9-27(10-6-8-25)32(40)28-11-14-29(15-12-28)34(35,36)37/h11-16,19,22-23,25,27H,4-10,18,20-21H2,1-3H3,(H,38,41). The second-order valence-electron chi connectivity index (χ2n) is 11.7. The van der Waals surface area contributed by atoms with Gasteiger partial charge in [0.15, 0.2) is 5.78 Å². The van der Waals surface area contributed by atoms with Gasteiger partial charge in [-0.2, -0.15) is 13.2 Å². The average Bonchev–Trinajstić information content (AvgIpc) is 3.07. The van der Waals surface area contributed by atoms with Gasteiger partial charge in [-0.3, -0.25) is 9.59 Å². The Kier molecular flexibility index (Phi) is 10.7. The van der Waals surface area contributed by atoms with Crippen molar-refractivity contribution in [3.63, 3.8) is 0 Å². The van der Waals surface area contributed by atoms with Gasteiger partial charge < -0.3 is 15.0 Å². The molecule has 2 atom stereocenters. The Hall–Kier alpha value is -3.35. The van der Waals surface area contributed by atoms with E-state index in [-0.39, 0.29) is 23.7 Å². The number of ketones is 1. The van der Waals surface area contributed by atoms with E-state index >= 15 is 0 Å². The first-order valence-corrected chi connectivity index (χ1v) is 15.0. The molecule has 0 spiro atoms. The summed E-state index contributed by atoms with van der Waals surface area (Å²) in [6.07, 6.45) is 6.12. The van der Waals surface area contributed by atoms with Gasteiger partial charge in [0.25, 0.3) is 5.91 Å². The summed E-state index contributed by atoms with van der Waals surface area (Å²) in [4.78, 5) is 28.1. The molecule has 8 heteroatoms. The zero-order chi connectivity index (χ0) is 30.3.